The fourth-order valence-electron chi connectivity index (χ4n) is 2.18. The Morgan fingerprint density at radius 3 is 2.67 bits per heavy atom. The molecule has 0 fully saturated rings. The van der Waals surface area contributed by atoms with Gasteiger partial charge < -0.3 is 21.1 Å². The summed E-state index contributed by atoms with van der Waals surface area (Å²) in [5, 5.41) is 11.7. The Bertz CT molecular complexity index is 435. The molecular weight excluding hydrogens is 266 g/mol. The number of amides is 1. The number of nitrogen functional groups attached to an aromatic ring is 1. The predicted molar refractivity (Wildman–Crippen MR) is 87.1 cm³/mol. The van der Waals surface area contributed by atoms with Crippen molar-refractivity contribution in [2.45, 2.75) is 39.2 Å². The minimum absolute atomic E-state index is 0.00599. The molecule has 0 saturated heterocycles. The lowest BCUT2D eigenvalue weighted by atomic mass is 10.2. The van der Waals surface area contributed by atoms with E-state index in [4.69, 9.17) is 10.8 Å². The normalized spacial score (nSPS) is 11.1. The SMILES string of the molecule is CC(C)N(CCCO)CCCC(=O)Nc1cccc(N)c1. The second-order valence-electron chi connectivity index (χ2n) is 5.48. The molecule has 1 aromatic rings. The molecule has 0 spiro atoms. The van der Waals surface area contributed by atoms with Crippen LogP contribution in [0.5, 0.6) is 0 Å². The smallest absolute Gasteiger partial charge is 0.224 e. The number of aliphatic hydroxyl groups excluding tert-OH is 1. The Labute approximate surface area is 127 Å². The highest BCUT2D eigenvalue weighted by molar-refractivity contribution is 5.91. The molecule has 0 radical (unpaired) electrons. The zero-order chi connectivity index (χ0) is 15.7. The molecule has 0 aromatic heterocycles. The highest BCUT2D eigenvalue weighted by atomic mass is 16.3. The van der Waals surface area contributed by atoms with E-state index in [0.29, 0.717) is 18.2 Å². The molecule has 1 amide bonds. The number of benzene rings is 1. The van der Waals surface area contributed by atoms with E-state index in [1.54, 1.807) is 12.1 Å². The quantitative estimate of drug-likeness (QED) is 0.609. The summed E-state index contributed by atoms with van der Waals surface area (Å²) in [5.74, 6) is 0.00599. The van der Waals surface area contributed by atoms with Crippen LogP contribution in [-0.4, -0.2) is 41.7 Å². The van der Waals surface area contributed by atoms with E-state index < -0.39 is 0 Å². The zero-order valence-electron chi connectivity index (χ0n) is 13.0. The predicted octanol–water partition coefficient (Wildman–Crippen LogP) is 2.08. The third kappa shape index (κ3) is 7.11. The van der Waals surface area contributed by atoms with Crippen LogP contribution in [0.1, 0.15) is 33.1 Å². The third-order valence-electron chi connectivity index (χ3n) is 3.35. The Morgan fingerprint density at radius 2 is 2.05 bits per heavy atom. The van der Waals surface area contributed by atoms with E-state index in [2.05, 4.69) is 24.1 Å². The van der Waals surface area contributed by atoms with E-state index in [1.807, 2.05) is 12.1 Å². The van der Waals surface area contributed by atoms with Gasteiger partial charge in [-0.25, -0.2) is 0 Å². The monoisotopic (exact) mass is 293 g/mol. The maximum atomic E-state index is 11.9. The number of hydrogen-bond acceptors (Lipinski definition) is 4. The van der Waals surface area contributed by atoms with Crippen molar-refractivity contribution < 1.29 is 9.90 Å². The van der Waals surface area contributed by atoms with E-state index in [9.17, 15) is 4.79 Å². The molecule has 0 unspecified atom stereocenters. The van der Waals surface area contributed by atoms with Gasteiger partial charge in [0.25, 0.3) is 0 Å². The molecule has 0 saturated carbocycles. The van der Waals surface area contributed by atoms with Gasteiger partial charge in [-0.1, -0.05) is 6.07 Å². The Kier molecular flexibility index (Phi) is 7.79. The first-order valence-corrected chi connectivity index (χ1v) is 7.53. The van der Waals surface area contributed by atoms with Gasteiger partial charge in [0.1, 0.15) is 0 Å². The van der Waals surface area contributed by atoms with Gasteiger partial charge in [0.2, 0.25) is 5.91 Å². The Balaban J connectivity index is 2.32. The van der Waals surface area contributed by atoms with Crippen molar-refractivity contribution in [1.82, 2.24) is 4.90 Å². The molecular formula is C16H27N3O2. The lowest BCUT2D eigenvalue weighted by molar-refractivity contribution is -0.116. The van der Waals surface area contributed by atoms with Gasteiger partial charge in [0, 0.05) is 37.0 Å². The van der Waals surface area contributed by atoms with E-state index in [0.717, 1.165) is 31.6 Å². The lowest BCUT2D eigenvalue weighted by Gasteiger charge is -2.26. The maximum absolute atomic E-state index is 11.9. The number of aliphatic hydroxyl groups is 1. The molecule has 0 aliphatic heterocycles. The number of nitrogens with zero attached hydrogens (tertiary/aromatic N) is 1. The molecule has 5 nitrogen and oxygen atoms in total. The standard InChI is InChI=1S/C16H27N3O2/c1-13(2)19(10-5-11-20)9-4-8-16(21)18-15-7-3-6-14(17)12-15/h3,6-7,12-13,20H,4-5,8-11,17H2,1-2H3,(H,18,21). The van der Waals surface area contributed by atoms with E-state index in [1.165, 1.54) is 0 Å². The molecule has 1 aromatic carbocycles. The fraction of sp³-hybridized carbons (Fsp3) is 0.562. The molecule has 4 N–H and O–H groups in total. The van der Waals surface area contributed by atoms with Gasteiger partial charge in [-0.05, 0) is 51.4 Å². The van der Waals surface area contributed by atoms with Crippen molar-refractivity contribution in [2.75, 3.05) is 30.7 Å². The maximum Gasteiger partial charge on any atom is 0.224 e. The Hall–Kier alpha value is -1.59. The number of rotatable bonds is 9. The first-order valence-electron chi connectivity index (χ1n) is 7.53. The molecule has 118 valence electrons. The van der Waals surface area contributed by atoms with E-state index in [-0.39, 0.29) is 12.5 Å². The third-order valence-corrected chi connectivity index (χ3v) is 3.35. The van der Waals surface area contributed by atoms with Crippen LogP contribution in [0.2, 0.25) is 0 Å². The van der Waals surface area contributed by atoms with Gasteiger partial charge in [-0.15, -0.1) is 0 Å². The topological polar surface area (TPSA) is 78.6 Å². The summed E-state index contributed by atoms with van der Waals surface area (Å²) in [4.78, 5) is 14.2. The number of nitrogens with two attached hydrogens (primary N) is 1. The first kappa shape index (κ1) is 17.5. The van der Waals surface area contributed by atoms with Gasteiger partial charge in [-0.3, -0.25) is 4.79 Å². The van der Waals surface area contributed by atoms with Crippen molar-refractivity contribution in [1.29, 1.82) is 0 Å². The molecule has 0 atom stereocenters. The zero-order valence-corrected chi connectivity index (χ0v) is 13.0. The largest absolute Gasteiger partial charge is 0.399 e. The molecule has 1 rings (SSSR count). The van der Waals surface area contributed by atoms with Crippen LogP contribution >= 0.6 is 0 Å². The van der Waals surface area contributed by atoms with Gasteiger partial charge in [-0.2, -0.15) is 0 Å². The van der Waals surface area contributed by atoms with Crippen LogP contribution in [0.25, 0.3) is 0 Å². The number of carbonyl (C=O) groups is 1. The molecule has 5 heteroatoms. The number of hydrogen-bond donors (Lipinski definition) is 3. The van der Waals surface area contributed by atoms with Crippen molar-refractivity contribution in [3.63, 3.8) is 0 Å². The molecule has 0 aliphatic carbocycles. The first-order chi connectivity index (χ1) is 10.0. The van der Waals surface area contributed by atoms with E-state index >= 15 is 0 Å². The number of carbonyl (C=O) groups excluding carboxylic acids is 1. The molecule has 0 heterocycles. The second-order valence-corrected chi connectivity index (χ2v) is 5.48. The summed E-state index contributed by atoms with van der Waals surface area (Å²) in [5.41, 5.74) is 7.05. The van der Waals surface area contributed by atoms with Crippen LogP contribution in [0.3, 0.4) is 0 Å². The van der Waals surface area contributed by atoms with Crippen molar-refractivity contribution in [2.24, 2.45) is 0 Å². The summed E-state index contributed by atoms with van der Waals surface area (Å²) in [6.07, 6.45) is 2.06. The average Bonchev–Trinajstić information content (AvgIpc) is 2.42. The van der Waals surface area contributed by atoms with Crippen LogP contribution in [0, 0.1) is 0 Å². The Morgan fingerprint density at radius 1 is 1.33 bits per heavy atom. The van der Waals surface area contributed by atoms with Gasteiger partial charge in [0.05, 0.1) is 0 Å². The van der Waals surface area contributed by atoms with Crippen LogP contribution < -0.4 is 11.1 Å². The van der Waals surface area contributed by atoms with Crippen molar-refractivity contribution >= 4 is 17.3 Å². The van der Waals surface area contributed by atoms with Crippen LogP contribution in [0.4, 0.5) is 11.4 Å². The number of nitrogens with one attached hydrogen (secondary N) is 1. The molecule has 0 aliphatic rings. The highest BCUT2D eigenvalue weighted by Gasteiger charge is 2.10. The average molecular weight is 293 g/mol. The summed E-state index contributed by atoms with van der Waals surface area (Å²) in [6.45, 7) is 6.19. The fourth-order valence-corrected chi connectivity index (χ4v) is 2.18. The van der Waals surface area contributed by atoms with Gasteiger partial charge >= 0.3 is 0 Å². The minimum atomic E-state index is 0.00599. The second kappa shape index (κ2) is 9.37. The van der Waals surface area contributed by atoms with Crippen LogP contribution in [-0.2, 0) is 4.79 Å². The minimum Gasteiger partial charge on any atom is -0.399 e. The van der Waals surface area contributed by atoms with Crippen molar-refractivity contribution in [3.05, 3.63) is 24.3 Å². The summed E-state index contributed by atoms with van der Waals surface area (Å²) >= 11 is 0. The summed E-state index contributed by atoms with van der Waals surface area (Å²) in [7, 11) is 0. The van der Waals surface area contributed by atoms with Crippen molar-refractivity contribution in [3.8, 4) is 0 Å². The summed E-state index contributed by atoms with van der Waals surface area (Å²) < 4.78 is 0. The number of anilines is 2. The van der Waals surface area contributed by atoms with Crippen LogP contribution in [0.15, 0.2) is 24.3 Å². The molecule has 0 bridgehead atoms. The molecule has 21 heavy (non-hydrogen) atoms. The summed E-state index contributed by atoms with van der Waals surface area (Å²) in [6, 6.07) is 7.61. The lowest BCUT2D eigenvalue weighted by Crippen LogP contribution is -2.33. The van der Waals surface area contributed by atoms with Gasteiger partial charge in [0.15, 0.2) is 0 Å². The highest BCUT2D eigenvalue weighted by Crippen LogP contribution is 2.12.